The van der Waals surface area contributed by atoms with E-state index in [4.69, 9.17) is 0 Å². The van der Waals surface area contributed by atoms with E-state index in [9.17, 15) is 0 Å². The average Bonchev–Trinajstić information content (AvgIpc) is 2.94. The molecule has 0 unspecified atom stereocenters. The lowest BCUT2D eigenvalue weighted by Gasteiger charge is -2.28. The molecule has 0 atom stereocenters. The Balaban J connectivity index is 1.37. The zero-order valence-corrected chi connectivity index (χ0v) is 23.3. The van der Waals surface area contributed by atoms with Crippen LogP contribution in [-0.4, -0.2) is 0 Å². The summed E-state index contributed by atoms with van der Waals surface area (Å²) in [6.45, 7) is 11.1. The zero-order chi connectivity index (χ0) is 26.8. The minimum absolute atomic E-state index is 0.509. The maximum Gasteiger partial charge on any atom is 0.0468 e. The van der Waals surface area contributed by atoms with E-state index >= 15 is 0 Å². The fourth-order valence-corrected chi connectivity index (χ4v) is 6.09. The standard InChI is InChI=1S/C38H33N/c1-23(2)27-10-13-32(14-11-27)39(34-16-24(3)26(5)25(4)17-34)33-15-12-30-21-37-35-19-28-8-6-7-9-29(28)20-36(35)38(37)22-31(30)18-33/h6-23H,1-5H3. The second-order valence-corrected chi connectivity index (χ2v) is 11.5. The van der Waals surface area contributed by atoms with Crippen LogP contribution >= 0.6 is 0 Å². The SMILES string of the molecule is Cc1cc(N(c2ccc(C(C)C)cc2)c2ccc3cc4c(cc3c2)-c2cc3ccccc3cc2-4)cc(C)c1C. The molecule has 6 aromatic carbocycles. The molecule has 0 aromatic heterocycles. The van der Waals surface area contributed by atoms with Crippen LogP contribution in [0.3, 0.4) is 0 Å². The van der Waals surface area contributed by atoms with E-state index in [0.717, 1.165) is 0 Å². The van der Waals surface area contributed by atoms with Crippen molar-refractivity contribution in [2.24, 2.45) is 0 Å². The molecule has 1 nitrogen and oxygen atoms in total. The summed E-state index contributed by atoms with van der Waals surface area (Å²) in [4.78, 5) is 2.41. The highest BCUT2D eigenvalue weighted by Gasteiger charge is 2.24. The van der Waals surface area contributed by atoms with Crippen LogP contribution in [0.2, 0.25) is 0 Å². The van der Waals surface area contributed by atoms with E-state index < -0.39 is 0 Å². The molecule has 7 rings (SSSR count). The third-order valence-corrected chi connectivity index (χ3v) is 8.67. The Kier molecular flexibility index (Phi) is 5.39. The number of aryl methyl sites for hydroxylation is 2. The first kappa shape index (κ1) is 23.7. The van der Waals surface area contributed by atoms with Crippen molar-refractivity contribution >= 4 is 38.6 Å². The molecular formula is C38H33N. The van der Waals surface area contributed by atoms with Crippen molar-refractivity contribution in [3.8, 4) is 22.3 Å². The summed E-state index contributed by atoms with van der Waals surface area (Å²) in [5.74, 6) is 0.509. The largest absolute Gasteiger partial charge is 0.310 e. The molecule has 0 saturated carbocycles. The number of benzene rings is 6. The van der Waals surface area contributed by atoms with Crippen LogP contribution < -0.4 is 4.90 Å². The van der Waals surface area contributed by atoms with E-state index in [0.29, 0.717) is 5.92 Å². The van der Waals surface area contributed by atoms with Crippen LogP contribution in [0, 0.1) is 20.8 Å². The zero-order valence-electron chi connectivity index (χ0n) is 23.3. The number of hydrogen-bond acceptors (Lipinski definition) is 1. The maximum absolute atomic E-state index is 2.41. The molecule has 190 valence electrons. The fraction of sp³-hybridized carbons (Fsp3) is 0.158. The summed E-state index contributed by atoms with van der Waals surface area (Å²) < 4.78 is 0. The average molecular weight is 504 g/mol. The number of fused-ring (bicyclic) bond motifs is 6. The summed E-state index contributed by atoms with van der Waals surface area (Å²) >= 11 is 0. The highest BCUT2D eigenvalue weighted by Crippen LogP contribution is 2.50. The van der Waals surface area contributed by atoms with Gasteiger partial charge in [-0.3, -0.25) is 0 Å². The molecule has 1 aliphatic carbocycles. The minimum atomic E-state index is 0.509. The Bertz CT molecular complexity index is 1880. The van der Waals surface area contributed by atoms with Crippen molar-refractivity contribution in [1.82, 2.24) is 0 Å². The molecule has 0 bridgehead atoms. The third-order valence-electron chi connectivity index (χ3n) is 8.67. The van der Waals surface area contributed by atoms with Crippen molar-refractivity contribution in [3.05, 3.63) is 125 Å². The number of hydrogen-bond donors (Lipinski definition) is 0. The predicted molar refractivity (Wildman–Crippen MR) is 169 cm³/mol. The lowest BCUT2D eigenvalue weighted by atomic mass is 9.78. The van der Waals surface area contributed by atoms with Gasteiger partial charge in [0.2, 0.25) is 0 Å². The molecule has 0 aliphatic heterocycles. The second-order valence-electron chi connectivity index (χ2n) is 11.5. The van der Waals surface area contributed by atoms with Gasteiger partial charge in [-0.15, -0.1) is 0 Å². The molecule has 0 saturated heterocycles. The molecule has 39 heavy (non-hydrogen) atoms. The van der Waals surface area contributed by atoms with Crippen LogP contribution in [0.15, 0.2) is 103 Å². The molecule has 0 amide bonds. The Morgan fingerprint density at radius 3 is 1.49 bits per heavy atom. The van der Waals surface area contributed by atoms with Gasteiger partial charge in [0.1, 0.15) is 0 Å². The Hall–Kier alpha value is -4.36. The van der Waals surface area contributed by atoms with Gasteiger partial charge in [0.25, 0.3) is 0 Å². The number of anilines is 3. The molecule has 1 aliphatic rings. The molecule has 0 N–H and O–H groups in total. The van der Waals surface area contributed by atoms with Gasteiger partial charge in [-0.2, -0.15) is 0 Å². The van der Waals surface area contributed by atoms with Crippen LogP contribution in [0.5, 0.6) is 0 Å². The van der Waals surface area contributed by atoms with Crippen molar-refractivity contribution in [2.45, 2.75) is 40.5 Å². The lowest BCUT2D eigenvalue weighted by Crippen LogP contribution is -2.11. The second kappa shape index (κ2) is 8.85. The smallest absolute Gasteiger partial charge is 0.0468 e. The first-order valence-corrected chi connectivity index (χ1v) is 14.0. The first-order valence-electron chi connectivity index (χ1n) is 14.0. The monoisotopic (exact) mass is 503 g/mol. The summed E-state index contributed by atoms with van der Waals surface area (Å²) in [5, 5.41) is 5.16. The van der Waals surface area contributed by atoms with E-state index in [1.54, 1.807) is 0 Å². The van der Waals surface area contributed by atoms with Crippen LogP contribution in [-0.2, 0) is 0 Å². The van der Waals surface area contributed by atoms with Gasteiger partial charge < -0.3 is 4.90 Å². The first-order chi connectivity index (χ1) is 18.9. The van der Waals surface area contributed by atoms with Crippen LogP contribution in [0.1, 0.15) is 42.0 Å². The number of rotatable bonds is 4. The minimum Gasteiger partial charge on any atom is -0.310 e. The highest BCUT2D eigenvalue weighted by molar-refractivity contribution is 6.12. The summed E-state index contributed by atoms with van der Waals surface area (Å²) in [6.07, 6.45) is 0. The summed E-state index contributed by atoms with van der Waals surface area (Å²) in [7, 11) is 0. The van der Waals surface area contributed by atoms with Crippen molar-refractivity contribution in [2.75, 3.05) is 4.90 Å². The van der Waals surface area contributed by atoms with E-state index in [2.05, 4.69) is 143 Å². The van der Waals surface area contributed by atoms with Crippen LogP contribution in [0.25, 0.3) is 43.8 Å². The van der Waals surface area contributed by atoms with E-state index in [-0.39, 0.29) is 0 Å². The predicted octanol–water partition coefficient (Wildman–Crippen LogP) is 11.2. The fourth-order valence-electron chi connectivity index (χ4n) is 6.09. The van der Waals surface area contributed by atoms with Gasteiger partial charge in [-0.1, -0.05) is 56.3 Å². The van der Waals surface area contributed by atoms with Gasteiger partial charge in [-0.05, 0) is 153 Å². The topological polar surface area (TPSA) is 3.24 Å². The Morgan fingerprint density at radius 2 is 0.949 bits per heavy atom. The van der Waals surface area contributed by atoms with E-state index in [1.165, 1.54) is 83.1 Å². The Labute approximate surface area is 231 Å². The maximum atomic E-state index is 2.41. The normalized spacial score (nSPS) is 11.9. The molecule has 0 spiro atoms. The third kappa shape index (κ3) is 3.84. The summed E-state index contributed by atoms with van der Waals surface area (Å²) in [6, 6.07) is 38.7. The van der Waals surface area contributed by atoms with Gasteiger partial charge in [0.05, 0.1) is 0 Å². The van der Waals surface area contributed by atoms with Crippen LogP contribution in [0.4, 0.5) is 17.1 Å². The van der Waals surface area contributed by atoms with Gasteiger partial charge in [0.15, 0.2) is 0 Å². The highest BCUT2D eigenvalue weighted by atomic mass is 15.1. The Morgan fingerprint density at radius 1 is 0.462 bits per heavy atom. The van der Waals surface area contributed by atoms with E-state index in [1.807, 2.05) is 0 Å². The molecular weight excluding hydrogens is 470 g/mol. The van der Waals surface area contributed by atoms with Crippen molar-refractivity contribution in [3.63, 3.8) is 0 Å². The quantitative estimate of drug-likeness (QED) is 0.231. The van der Waals surface area contributed by atoms with Gasteiger partial charge in [-0.25, -0.2) is 0 Å². The molecule has 0 heterocycles. The van der Waals surface area contributed by atoms with Gasteiger partial charge in [0, 0.05) is 17.1 Å². The molecule has 6 aromatic rings. The van der Waals surface area contributed by atoms with Crippen molar-refractivity contribution in [1.29, 1.82) is 0 Å². The number of nitrogens with zero attached hydrogens (tertiary/aromatic N) is 1. The molecule has 0 fully saturated rings. The van der Waals surface area contributed by atoms with Gasteiger partial charge >= 0.3 is 0 Å². The lowest BCUT2D eigenvalue weighted by molar-refractivity contribution is 0.866. The molecule has 1 heteroatoms. The summed E-state index contributed by atoms with van der Waals surface area (Å²) in [5.41, 5.74) is 14.4. The molecule has 0 radical (unpaired) electrons. The van der Waals surface area contributed by atoms with Crippen molar-refractivity contribution < 1.29 is 0 Å².